The highest BCUT2D eigenvalue weighted by molar-refractivity contribution is 6.31. The van der Waals surface area contributed by atoms with E-state index in [0.29, 0.717) is 33.3 Å². The van der Waals surface area contributed by atoms with Crippen LogP contribution in [0.25, 0.3) is 0 Å². The molecule has 6 nitrogen and oxygen atoms in total. The minimum atomic E-state index is -0.530. The van der Waals surface area contributed by atoms with Crippen LogP contribution in [0, 0.1) is 6.92 Å². The number of hydrogen-bond donors (Lipinski definition) is 1. The van der Waals surface area contributed by atoms with Crippen LogP contribution >= 0.6 is 11.6 Å². The van der Waals surface area contributed by atoms with Crippen molar-refractivity contribution in [2.75, 3.05) is 19.5 Å². The molecule has 0 aliphatic carbocycles. The summed E-state index contributed by atoms with van der Waals surface area (Å²) in [6.45, 7) is 2.09. The Balaban J connectivity index is 1.80. The highest BCUT2D eigenvalue weighted by Crippen LogP contribution is 2.26. The molecule has 0 aromatic heterocycles. The van der Waals surface area contributed by atoms with Gasteiger partial charge in [0.25, 0.3) is 5.91 Å². The first-order chi connectivity index (χ1) is 14.9. The summed E-state index contributed by atoms with van der Waals surface area (Å²) in [5, 5.41) is 3.42. The van der Waals surface area contributed by atoms with E-state index in [2.05, 4.69) is 5.32 Å². The van der Waals surface area contributed by atoms with Crippen molar-refractivity contribution in [1.29, 1.82) is 0 Å². The number of para-hydroxylation sites is 1. The standard InChI is InChI=1S/C24H22ClNO5/c1-15-12-18(9-10-20(15)25)31-14-17-13-16(8-11-22(17)29-2)23(27)26-21-7-5-4-6-19(21)24(28)30-3/h4-13H,14H2,1-3H3,(H,26,27). The molecule has 3 rings (SSSR count). The largest absolute Gasteiger partial charge is 0.496 e. The number of nitrogens with one attached hydrogen (secondary N) is 1. The molecule has 0 saturated carbocycles. The molecule has 31 heavy (non-hydrogen) atoms. The molecule has 0 aliphatic rings. The number of ether oxygens (including phenoxy) is 3. The van der Waals surface area contributed by atoms with Crippen LogP contribution in [0.5, 0.6) is 11.5 Å². The van der Waals surface area contributed by atoms with Crippen LogP contribution in [0.15, 0.2) is 60.7 Å². The van der Waals surface area contributed by atoms with Crippen molar-refractivity contribution in [1.82, 2.24) is 0 Å². The van der Waals surface area contributed by atoms with Gasteiger partial charge in [-0.15, -0.1) is 0 Å². The topological polar surface area (TPSA) is 73.9 Å². The summed E-state index contributed by atoms with van der Waals surface area (Å²) in [6, 6.07) is 17.1. The summed E-state index contributed by atoms with van der Waals surface area (Å²) < 4.78 is 16.0. The molecule has 0 unspecified atom stereocenters. The average Bonchev–Trinajstić information content (AvgIpc) is 2.79. The van der Waals surface area contributed by atoms with Gasteiger partial charge in [-0.25, -0.2) is 4.79 Å². The molecule has 1 N–H and O–H groups in total. The maximum absolute atomic E-state index is 12.8. The number of methoxy groups -OCH3 is 2. The zero-order valence-corrected chi connectivity index (χ0v) is 18.2. The Morgan fingerprint density at radius 1 is 1.00 bits per heavy atom. The van der Waals surface area contributed by atoms with Gasteiger partial charge in [0.2, 0.25) is 0 Å². The lowest BCUT2D eigenvalue weighted by Gasteiger charge is -2.14. The van der Waals surface area contributed by atoms with Gasteiger partial charge >= 0.3 is 5.97 Å². The molecule has 0 spiro atoms. The van der Waals surface area contributed by atoms with Crippen LogP contribution < -0.4 is 14.8 Å². The highest BCUT2D eigenvalue weighted by Gasteiger charge is 2.16. The molecule has 0 bridgehead atoms. The third-order valence-corrected chi connectivity index (χ3v) is 5.07. The fourth-order valence-electron chi connectivity index (χ4n) is 2.98. The van der Waals surface area contributed by atoms with E-state index in [9.17, 15) is 9.59 Å². The maximum Gasteiger partial charge on any atom is 0.339 e. The first kappa shape index (κ1) is 22.2. The number of carbonyl (C=O) groups excluding carboxylic acids is 2. The van der Waals surface area contributed by atoms with Gasteiger partial charge in [-0.2, -0.15) is 0 Å². The number of rotatable bonds is 7. The number of benzene rings is 3. The first-order valence-electron chi connectivity index (χ1n) is 9.47. The monoisotopic (exact) mass is 439 g/mol. The van der Waals surface area contributed by atoms with Crippen molar-refractivity contribution in [3.63, 3.8) is 0 Å². The molecule has 7 heteroatoms. The quantitative estimate of drug-likeness (QED) is 0.507. The Kier molecular flexibility index (Phi) is 7.15. The number of hydrogen-bond acceptors (Lipinski definition) is 5. The molecule has 3 aromatic carbocycles. The Bertz CT molecular complexity index is 1110. The van der Waals surface area contributed by atoms with Crippen LogP contribution in [0.3, 0.4) is 0 Å². The van der Waals surface area contributed by atoms with Crippen LogP contribution in [-0.4, -0.2) is 26.1 Å². The third-order valence-electron chi connectivity index (χ3n) is 4.65. The lowest BCUT2D eigenvalue weighted by Crippen LogP contribution is -2.16. The van der Waals surface area contributed by atoms with Gasteiger partial charge in [0, 0.05) is 16.1 Å². The number of aryl methyl sites for hydroxylation is 1. The molecular formula is C24H22ClNO5. The molecule has 3 aromatic rings. The molecule has 0 fully saturated rings. The molecule has 0 atom stereocenters. The second-order valence-electron chi connectivity index (χ2n) is 6.72. The predicted octanol–water partition coefficient (Wildman–Crippen LogP) is 5.27. The van der Waals surface area contributed by atoms with E-state index >= 15 is 0 Å². The van der Waals surface area contributed by atoms with Gasteiger partial charge in [-0.05, 0) is 61.0 Å². The smallest absolute Gasteiger partial charge is 0.339 e. The zero-order valence-electron chi connectivity index (χ0n) is 17.4. The Labute approximate surface area is 185 Å². The summed E-state index contributed by atoms with van der Waals surface area (Å²) >= 11 is 6.06. The fourth-order valence-corrected chi connectivity index (χ4v) is 3.09. The third kappa shape index (κ3) is 5.35. The second kappa shape index (κ2) is 10.00. The lowest BCUT2D eigenvalue weighted by atomic mass is 10.1. The van der Waals surface area contributed by atoms with Crippen LogP contribution in [0.4, 0.5) is 5.69 Å². The normalized spacial score (nSPS) is 10.3. The summed E-state index contributed by atoms with van der Waals surface area (Å²) in [6.07, 6.45) is 0. The van der Waals surface area contributed by atoms with Gasteiger partial charge in [-0.1, -0.05) is 23.7 Å². The SMILES string of the molecule is COC(=O)c1ccccc1NC(=O)c1ccc(OC)c(COc2ccc(Cl)c(C)c2)c1. The first-order valence-corrected chi connectivity index (χ1v) is 9.85. The number of carbonyl (C=O) groups is 2. The minimum Gasteiger partial charge on any atom is -0.496 e. The van der Waals surface area contributed by atoms with Gasteiger partial charge < -0.3 is 19.5 Å². The van der Waals surface area contributed by atoms with E-state index in [1.807, 2.05) is 13.0 Å². The van der Waals surface area contributed by atoms with Crippen LogP contribution in [-0.2, 0) is 11.3 Å². The molecule has 0 saturated heterocycles. The van der Waals surface area contributed by atoms with Crippen molar-refractivity contribution < 1.29 is 23.8 Å². The van der Waals surface area contributed by atoms with Gasteiger partial charge in [0.1, 0.15) is 18.1 Å². The summed E-state index contributed by atoms with van der Waals surface area (Å²) in [7, 11) is 2.84. The van der Waals surface area contributed by atoms with Crippen LogP contribution in [0.2, 0.25) is 5.02 Å². The van der Waals surface area contributed by atoms with Crippen molar-refractivity contribution in [2.45, 2.75) is 13.5 Å². The maximum atomic E-state index is 12.8. The zero-order chi connectivity index (χ0) is 22.4. The Morgan fingerprint density at radius 2 is 1.77 bits per heavy atom. The number of esters is 1. The van der Waals surface area contributed by atoms with Gasteiger partial charge in [0.15, 0.2) is 0 Å². The van der Waals surface area contributed by atoms with Gasteiger partial charge in [-0.3, -0.25) is 4.79 Å². The van der Waals surface area contributed by atoms with E-state index in [0.717, 1.165) is 5.56 Å². The molecule has 0 aliphatic heterocycles. The second-order valence-corrected chi connectivity index (χ2v) is 7.12. The number of halogens is 1. The average molecular weight is 440 g/mol. The minimum absolute atomic E-state index is 0.199. The number of amides is 1. The van der Waals surface area contributed by atoms with Gasteiger partial charge in [0.05, 0.1) is 25.5 Å². The van der Waals surface area contributed by atoms with Crippen LogP contribution in [0.1, 0.15) is 31.8 Å². The van der Waals surface area contributed by atoms with E-state index in [1.54, 1.807) is 61.7 Å². The lowest BCUT2D eigenvalue weighted by molar-refractivity contribution is 0.0602. The van der Waals surface area contributed by atoms with Crippen molar-refractivity contribution >= 4 is 29.2 Å². The van der Waals surface area contributed by atoms with Crippen molar-refractivity contribution in [2.24, 2.45) is 0 Å². The molecule has 160 valence electrons. The summed E-state index contributed by atoms with van der Waals surface area (Å²) in [5.74, 6) is 0.351. The highest BCUT2D eigenvalue weighted by atomic mass is 35.5. The van der Waals surface area contributed by atoms with E-state index in [-0.39, 0.29) is 18.1 Å². The Hall–Kier alpha value is -3.51. The van der Waals surface area contributed by atoms with Crippen molar-refractivity contribution in [3.8, 4) is 11.5 Å². The van der Waals surface area contributed by atoms with E-state index < -0.39 is 5.97 Å². The Morgan fingerprint density at radius 3 is 2.48 bits per heavy atom. The molecular weight excluding hydrogens is 418 g/mol. The number of anilines is 1. The predicted molar refractivity (Wildman–Crippen MR) is 119 cm³/mol. The summed E-state index contributed by atoms with van der Waals surface area (Å²) in [5.41, 5.74) is 2.64. The van der Waals surface area contributed by atoms with Crippen molar-refractivity contribution in [3.05, 3.63) is 87.9 Å². The fraction of sp³-hybridized carbons (Fsp3) is 0.167. The summed E-state index contributed by atoms with van der Waals surface area (Å²) in [4.78, 5) is 24.8. The molecule has 0 heterocycles. The molecule has 0 radical (unpaired) electrons. The van der Waals surface area contributed by atoms with E-state index in [1.165, 1.54) is 7.11 Å². The molecule has 1 amide bonds. The van der Waals surface area contributed by atoms with E-state index in [4.69, 9.17) is 25.8 Å².